The number of fused-ring (bicyclic) bond motifs is 1. The second kappa shape index (κ2) is 5.33. The zero-order valence-corrected chi connectivity index (χ0v) is 12.2. The van der Waals surface area contributed by atoms with Crippen LogP contribution in [-0.4, -0.2) is 31.3 Å². The van der Waals surface area contributed by atoms with E-state index in [0.717, 1.165) is 12.2 Å². The third kappa shape index (κ3) is 2.40. The first kappa shape index (κ1) is 13.4. The molecule has 1 heterocycles. The quantitative estimate of drug-likeness (QED) is 0.890. The maximum absolute atomic E-state index is 12.2. The van der Waals surface area contributed by atoms with E-state index >= 15 is 0 Å². The van der Waals surface area contributed by atoms with Crippen LogP contribution in [0.25, 0.3) is 0 Å². The van der Waals surface area contributed by atoms with Crippen molar-refractivity contribution in [3.8, 4) is 0 Å². The van der Waals surface area contributed by atoms with E-state index in [1.165, 1.54) is 16.0 Å². The summed E-state index contributed by atoms with van der Waals surface area (Å²) < 4.78 is 0. The van der Waals surface area contributed by atoms with Crippen LogP contribution in [0.3, 0.4) is 0 Å². The Morgan fingerprint density at radius 3 is 2.89 bits per heavy atom. The van der Waals surface area contributed by atoms with Gasteiger partial charge in [0.25, 0.3) is 0 Å². The van der Waals surface area contributed by atoms with Crippen molar-refractivity contribution in [1.82, 2.24) is 5.32 Å². The number of anilines is 1. The van der Waals surface area contributed by atoms with Crippen LogP contribution in [-0.2, 0) is 4.79 Å². The van der Waals surface area contributed by atoms with Crippen LogP contribution in [0.1, 0.15) is 18.1 Å². The molecule has 1 unspecified atom stereocenters. The predicted octanol–water partition coefficient (Wildman–Crippen LogP) is 2.35. The molecule has 1 aromatic rings. The highest BCUT2D eigenvalue weighted by Crippen LogP contribution is 2.41. The molecule has 1 atom stereocenters. The zero-order valence-electron chi connectivity index (χ0n) is 11.4. The van der Waals surface area contributed by atoms with Crippen LogP contribution in [0.5, 0.6) is 0 Å². The molecule has 0 saturated carbocycles. The van der Waals surface area contributed by atoms with E-state index in [4.69, 9.17) is 0 Å². The number of rotatable bonds is 2. The fraction of sp³-hybridized carbons (Fsp3) is 0.500. The van der Waals surface area contributed by atoms with Crippen molar-refractivity contribution in [2.24, 2.45) is 0 Å². The lowest BCUT2D eigenvalue weighted by Crippen LogP contribution is -2.43. The lowest BCUT2D eigenvalue weighted by Gasteiger charge is -2.34. The first-order chi connectivity index (χ1) is 8.54. The van der Waals surface area contributed by atoms with E-state index in [1.807, 2.05) is 23.7 Å². The molecule has 1 aromatic carbocycles. The molecule has 0 radical (unpaired) electrons. The Bertz CT molecular complexity index is 473. The van der Waals surface area contributed by atoms with Crippen molar-refractivity contribution in [3.63, 3.8) is 0 Å². The number of nitrogens with one attached hydrogen (secondary N) is 1. The standard InChI is InChI=1S/C14H20N2OS/c1-9-5-6-12-14(11(9)3)16(8-10(2)18-12)13(17)7-15-4/h5-6,10,15H,7-8H2,1-4H3. The van der Waals surface area contributed by atoms with Gasteiger partial charge < -0.3 is 10.2 Å². The molecule has 18 heavy (non-hydrogen) atoms. The van der Waals surface area contributed by atoms with Crippen molar-refractivity contribution >= 4 is 23.4 Å². The van der Waals surface area contributed by atoms with Crippen LogP contribution >= 0.6 is 11.8 Å². The van der Waals surface area contributed by atoms with Crippen LogP contribution in [0, 0.1) is 13.8 Å². The Balaban J connectivity index is 2.46. The number of benzene rings is 1. The van der Waals surface area contributed by atoms with Crippen LogP contribution in [0.15, 0.2) is 17.0 Å². The van der Waals surface area contributed by atoms with E-state index in [2.05, 4.69) is 38.2 Å². The van der Waals surface area contributed by atoms with Crippen LogP contribution < -0.4 is 10.2 Å². The highest BCUT2D eigenvalue weighted by atomic mass is 32.2. The molecule has 0 fully saturated rings. The average molecular weight is 264 g/mol. The Morgan fingerprint density at radius 2 is 2.22 bits per heavy atom. The molecule has 0 bridgehead atoms. The third-order valence-corrected chi connectivity index (χ3v) is 4.47. The summed E-state index contributed by atoms with van der Waals surface area (Å²) in [5.74, 6) is 0.152. The topological polar surface area (TPSA) is 32.3 Å². The number of likely N-dealkylation sites (N-methyl/N-ethyl adjacent to an activating group) is 1. The summed E-state index contributed by atoms with van der Waals surface area (Å²) in [5, 5.41) is 3.39. The number of hydrogen-bond acceptors (Lipinski definition) is 3. The number of amides is 1. The number of nitrogens with zero attached hydrogens (tertiary/aromatic N) is 1. The van der Waals surface area contributed by atoms with Gasteiger partial charge in [-0.1, -0.05) is 13.0 Å². The molecular formula is C14H20N2OS. The fourth-order valence-electron chi connectivity index (χ4n) is 2.28. The molecule has 98 valence electrons. The summed E-state index contributed by atoms with van der Waals surface area (Å²) in [7, 11) is 1.81. The minimum atomic E-state index is 0.152. The number of aryl methyl sites for hydroxylation is 1. The van der Waals surface area contributed by atoms with Gasteiger partial charge in [-0.2, -0.15) is 0 Å². The van der Waals surface area contributed by atoms with Gasteiger partial charge in [0.05, 0.1) is 12.2 Å². The van der Waals surface area contributed by atoms with Gasteiger partial charge in [0.1, 0.15) is 0 Å². The lowest BCUT2D eigenvalue weighted by atomic mass is 10.1. The van der Waals surface area contributed by atoms with E-state index in [1.54, 1.807) is 0 Å². The van der Waals surface area contributed by atoms with E-state index in [0.29, 0.717) is 11.8 Å². The van der Waals surface area contributed by atoms with E-state index < -0.39 is 0 Å². The smallest absolute Gasteiger partial charge is 0.241 e. The Morgan fingerprint density at radius 1 is 1.50 bits per heavy atom. The largest absolute Gasteiger partial charge is 0.311 e. The van der Waals surface area contributed by atoms with Crippen molar-refractivity contribution in [1.29, 1.82) is 0 Å². The molecule has 1 amide bonds. The van der Waals surface area contributed by atoms with Gasteiger partial charge in [0, 0.05) is 16.7 Å². The highest BCUT2D eigenvalue weighted by Gasteiger charge is 2.28. The summed E-state index contributed by atoms with van der Waals surface area (Å²) in [6.45, 7) is 7.55. The van der Waals surface area contributed by atoms with Gasteiger partial charge >= 0.3 is 0 Å². The highest BCUT2D eigenvalue weighted by molar-refractivity contribution is 8.00. The molecule has 0 aliphatic carbocycles. The SMILES string of the molecule is CNCC(=O)N1CC(C)Sc2ccc(C)c(C)c21. The average Bonchev–Trinajstić information content (AvgIpc) is 2.33. The summed E-state index contributed by atoms with van der Waals surface area (Å²) in [6, 6.07) is 4.28. The van der Waals surface area contributed by atoms with Crippen LogP contribution in [0.4, 0.5) is 5.69 Å². The molecule has 1 aliphatic heterocycles. The zero-order chi connectivity index (χ0) is 13.3. The number of carbonyl (C=O) groups is 1. The summed E-state index contributed by atoms with van der Waals surface area (Å²) in [5.41, 5.74) is 3.57. The molecule has 0 spiro atoms. The molecule has 0 saturated heterocycles. The maximum Gasteiger partial charge on any atom is 0.241 e. The van der Waals surface area contributed by atoms with Crippen molar-refractivity contribution in [2.45, 2.75) is 30.9 Å². The lowest BCUT2D eigenvalue weighted by molar-refractivity contribution is -0.117. The fourth-order valence-corrected chi connectivity index (χ4v) is 3.46. The first-order valence-electron chi connectivity index (χ1n) is 6.26. The predicted molar refractivity (Wildman–Crippen MR) is 77.5 cm³/mol. The molecular weight excluding hydrogens is 244 g/mol. The monoisotopic (exact) mass is 264 g/mol. The second-order valence-electron chi connectivity index (χ2n) is 4.82. The first-order valence-corrected chi connectivity index (χ1v) is 7.14. The number of hydrogen-bond donors (Lipinski definition) is 1. The van der Waals surface area contributed by atoms with E-state index in [-0.39, 0.29) is 5.91 Å². The molecule has 0 aromatic heterocycles. The van der Waals surface area contributed by atoms with Gasteiger partial charge in [-0.3, -0.25) is 4.79 Å². The van der Waals surface area contributed by atoms with Crippen molar-refractivity contribution in [2.75, 3.05) is 25.0 Å². The molecule has 2 rings (SSSR count). The molecule has 4 heteroatoms. The van der Waals surface area contributed by atoms with Crippen molar-refractivity contribution < 1.29 is 4.79 Å². The van der Waals surface area contributed by atoms with Gasteiger partial charge in [0.15, 0.2) is 0 Å². The third-order valence-electron chi connectivity index (χ3n) is 3.33. The maximum atomic E-state index is 12.2. The normalized spacial score (nSPS) is 18.7. The molecule has 1 N–H and O–H groups in total. The molecule has 3 nitrogen and oxygen atoms in total. The molecule has 1 aliphatic rings. The number of carbonyl (C=O) groups excluding carboxylic acids is 1. The van der Waals surface area contributed by atoms with Crippen LogP contribution in [0.2, 0.25) is 0 Å². The minimum absolute atomic E-state index is 0.152. The van der Waals surface area contributed by atoms with Gasteiger partial charge in [-0.15, -0.1) is 11.8 Å². The Hall–Kier alpha value is -1.00. The second-order valence-corrected chi connectivity index (χ2v) is 6.30. The minimum Gasteiger partial charge on any atom is -0.311 e. The summed E-state index contributed by atoms with van der Waals surface area (Å²) >= 11 is 1.86. The van der Waals surface area contributed by atoms with Gasteiger partial charge in [0.2, 0.25) is 5.91 Å². The van der Waals surface area contributed by atoms with E-state index in [9.17, 15) is 4.79 Å². The number of thioether (sulfide) groups is 1. The summed E-state index contributed by atoms with van der Waals surface area (Å²) in [6.07, 6.45) is 0. The summed E-state index contributed by atoms with van der Waals surface area (Å²) in [4.78, 5) is 15.4. The Kier molecular flexibility index (Phi) is 3.97. The van der Waals surface area contributed by atoms with Gasteiger partial charge in [-0.05, 0) is 38.1 Å². The van der Waals surface area contributed by atoms with Crippen molar-refractivity contribution in [3.05, 3.63) is 23.3 Å². The van der Waals surface area contributed by atoms with Gasteiger partial charge in [-0.25, -0.2) is 0 Å². The Labute approximate surface area is 113 Å².